The lowest BCUT2D eigenvalue weighted by Crippen LogP contribution is -2.42. The normalized spacial score (nSPS) is 21.1. The van der Waals surface area contributed by atoms with Crippen LogP contribution in [0.25, 0.3) is 0 Å². The fraction of sp³-hybridized carbons (Fsp3) is 0.300. The third kappa shape index (κ3) is 4.94. The molecule has 2 rings (SSSR count). The molecule has 30 heavy (non-hydrogen) atoms. The number of nitrogens with zero attached hydrogens (tertiary/aromatic N) is 3. The number of rotatable bonds is 6. The standard InChI is InChI=1S/C20H17ClF4N4O/c1-10-5-4-6-13(7-10)28-19(20(23,24)25)15(9-27)18-14(8-26)17(29-30-18)16(11(2)21)12(3)22/h4-7,9,14-15,18,27H,2H2,1,3H3. The molecule has 0 amide bonds. The second-order valence-electron chi connectivity index (χ2n) is 6.49. The Morgan fingerprint density at radius 3 is 2.60 bits per heavy atom. The van der Waals surface area contributed by atoms with Gasteiger partial charge < -0.3 is 10.2 Å². The van der Waals surface area contributed by atoms with Crippen LogP contribution in [0.1, 0.15) is 12.5 Å². The molecule has 0 fully saturated rings. The highest BCUT2D eigenvalue weighted by Gasteiger charge is 2.50. The van der Waals surface area contributed by atoms with Crippen molar-refractivity contribution >= 4 is 34.9 Å². The monoisotopic (exact) mass is 440 g/mol. The molecule has 158 valence electrons. The summed E-state index contributed by atoms with van der Waals surface area (Å²) in [6.07, 6.45) is -6.00. The van der Waals surface area contributed by atoms with Gasteiger partial charge in [-0.1, -0.05) is 35.5 Å². The van der Waals surface area contributed by atoms with Gasteiger partial charge in [0.1, 0.15) is 23.2 Å². The van der Waals surface area contributed by atoms with Gasteiger partial charge in [0.2, 0.25) is 0 Å². The summed E-state index contributed by atoms with van der Waals surface area (Å²) < 4.78 is 55.4. The second kappa shape index (κ2) is 9.22. The van der Waals surface area contributed by atoms with Crippen LogP contribution >= 0.6 is 11.6 Å². The number of aryl methyl sites for hydroxylation is 1. The van der Waals surface area contributed by atoms with Gasteiger partial charge in [0.05, 0.1) is 23.2 Å². The number of oxime groups is 1. The predicted octanol–water partition coefficient (Wildman–Crippen LogP) is 5.79. The van der Waals surface area contributed by atoms with Crippen LogP contribution in [-0.2, 0) is 4.84 Å². The number of hydrogen-bond donors (Lipinski definition) is 1. The van der Waals surface area contributed by atoms with Crippen molar-refractivity contribution in [1.82, 2.24) is 0 Å². The first kappa shape index (κ1) is 23.3. The highest BCUT2D eigenvalue weighted by molar-refractivity contribution is 6.36. The van der Waals surface area contributed by atoms with E-state index in [9.17, 15) is 22.8 Å². The lowest BCUT2D eigenvalue weighted by Gasteiger charge is -2.24. The highest BCUT2D eigenvalue weighted by Crippen LogP contribution is 2.36. The molecular weight excluding hydrogens is 424 g/mol. The SMILES string of the molecule is C=C(Cl)C(C1=NOC(C(C=N)C(=Nc2cccc(C)c2)C(F)(F)F)C1C#N)=C(C)F. The van der Waals surface area contributed by atoms with Gasteiger partial charge in [0.15, 0.2) is 6.10 Å². The van der Waals surface area contributed by atoms with Gasteiger partial charge in [-0.15, -0.1) is 0 Å². The number of benzene rings is 1. The zero-order valence-electron chi connectivity index (χ0n) is 16.0. The summed E-state index contributed by atoms with van der Waals surface area (Å²) in [6, 6.07) is 7.82. The third-order valence-corrected chi connectivity index (χ3v) is 4.49. The van der Waals surface area contributed by atoms with Crippen LogP contribution in [-0.4, -0.2) is 29.9 Å². The lowest BCUT2D eigenvalue weighted by molar-refractivity contribution is -0.0655. The van der Waals surface area contributed by atoms with Gasteiger partial charge in [-0.2, -0.15) is 18.4 Å². The Morgan fingerprint density at radius 2 is 2.13 bits per heavy atom. The minimum absolute atomic E-state index is 0.0242. The van der Waals surface area contributed by atoms with Gasteiger partial charge in [0, 0.05) is 11.2 Å². The molecule has 0 saturated heterocycles. The van der Waals surface area contributed by atoms with E-state index in [0.717, 1.165) is 6.92 Å². The van der Waals surface area contributed by atoms with Gasteiger partial charge in [-0.05, 0) is 31.5 Å². The number of allylic oxidation sites excluding steroid dienone is 3. The van der Waals surface area contributed by atoms with Crippen LogP contribution < -0.4 is 0 Å². The Labute approximate surface area is 175 Å². The highest BCUT2D eigenvalue weighted by atomic mass is 35.5. The predicted molar refractivity (Wildman–Crippen MR) is 107 cm³/mol. The summed E-state index contributed by atoms with van der Waals surface area (Å²) in [5.74, 6) is -4.03. The molecule has 1 aromatic rings. The molecule has 0 aliphatic carbocycles. The van der Waals surface area contributed by atoms with Crippen LogP contribution in [0.5, 0.6) is 0 Å². The molecule has 1 aliphatic heterocycles. The summed E-state index contributed by atoms with van der Waals surface area (Å²) in [5, 5.41) is 20.4. The van der Waals surface area contributed by atoms with E-state index >= 15 is 0 Å². The van der Waals surface area contributed by atoms with Gasteiger partial charge in [-0.25, -0.2) is 9.38 Å². The van der Waals surface area contributed by atoms with Crippen LogP contribution in [0.15, 0.2) is 57.4 Å². The molecule has 1 aromatic carbocycles. The van der Waals surface area contributed by atoms with E-state index in [0.29, 0.717) is 11.8 Å². The average molecular weight is 441 g/mol. The zero-order valence-corrected chi connectivity index (χ0v) is 16.7. The number of hydrogen-bond acceptors (Lipinski definition) is 5. The zero-order chi connectivity index (χ0) is 22.6. The van der Waals surface area contributed by atoms with Crippen molar-refractivity contribution in [2.75, 3.05) is 0 Å². The molecule has 1 heterocycles. The number of aliphatic imine (C=N–C) groups is 1. The molecule has 0 spiro atoms. The minimum Gasteiger partial charge on any atom is -0.389 e. The fourth-order valence-electron chi connectivity index (χ4n) is 2.99. The Bertz CT molecular complexity index is 987. The van der Waals surface area contributed by atoms with Crippen molar-refractivity contribution in [3.8, 4) is 6.07 Å². The fourth-order valence-corrected chi connectivity index (χ4v) is 3.22. The Kier molecular flexibility index (Phi) is 7.16. The Hall–Kier alpha value is -2.99. The smallest absolute Gasteiger partial charge is 0.389 e. The maximum absolute atomic E-state index is 13.9. The van der Waals surface area contributed by atoms with E-state index in [2.05, 4.69) is 16.7 Å². The largest absolute Gasteiger partial charge is 0.430 e. The number of alkyl halides is 3. The van der Waals surface area contributed by atoms with E-state index in [-0.39, 0.29) is 22.0 Å². The first-order valence-corrected chi connectivity index (χ1v) is 8.97. The number of nitriles is 1. The summed E-state index contributed by atoms with van der Waals surface area (Å²) in [4.78, 5) is 8.76. The van der Waals surface area contributed by atoms with Crippen LogP contribution in [0, 0.1) is 35.5 Å². The van der Waals surface area contributed by atoms with E-state index in [1.165, 1.54) is 12.1 Å². The average Bonchev–Trinajstić information content (AvgIpc) is 3.03. The van der Waals surface area contributed by atoms with Crippen LogP contribution in [0.4, 0.5) is 23.2 Å². The van der Waals surface area contributed by atoms with E-state index in [1.807, 2.05) is 0 Å². The molecule has 0 saturated carbocycles. The van der Waals surface area contributed by atoms with Crippen molar-refractivity contribution in [3.05, 3.63) is 52.8 Å². The first-order chi connectivity index (χ1) is 14.0. The maximum atomic E-state index is 13.9. The quantitative estimate of drug-likeness (QED) is 0.345. The third-order valence-electron chi connectivity index (χ3n) is 4.30. The first-order valence-electron chi connectivity index (χ1n) is 8.59. The van der Waals surface area contributed by atoms with Crippen molar-refractivity contribution in [2.24, 2.45) is 22.0 Å². The Morgan fingerprint density at radius 1 is 1.47 bits per heavy atom. The topological polar surface area (TPSA) is 81.6 Å². The summed E-state index contributed by atoms with van der Waals surface area (Å²) in [5.41, 5.74) is -1.23. The van der Waals surface area contributed by atoms with Crippen molar-refractivity contribution < 1.29 is 22.4 Å². The minimum atomic E-state index is -4.93. The van der Waals surface area contributed by atoms with Gasteiger partial charge >= 0.3 is 6.18 Å². The molecule has 10 heteroatoms. The maximum Gasteiger partial charge on any atom is 0.430 e. The van der Waals surface area contributed by atoms with Crippen LogP contribution in [0.3, 0.4) is 0 Å². The molecule has 0 radical (unpaired) electrons. The van der Waals surface area contributed by atoms with Crippen molar-refractivity contribution in [1.29, 1.82) is 10.7 Å². The molecule has 3 atom stereocenters. The molecular formula is C20H17ClF4N4O. The van der Waals surface area contributed by atoms with Crippen molar-refractivity contribution in [2.45, 2.75) is 26.1 Å². The number of nitrogens with one attached hydrogen (secondary N) is 1. The van der Waals surface area contributed by atoms with E-state index in [1.54, 1.807) is 25.1 Å². The molecule has 1 N–H and O–H groups in total. The molecule has 1 aliphatic rings. The van der Waals surface area contributed by atoms with Gasteiger partial charge in [-0.3, -0.25) is 0 Å². The molecule has 0 bridgehead atoms. The second-order valence-corrected chi connectivity index (χ2v) is 6.95. The summed E-state index contributed by atoms with van der Waals surface area (Å²) >= 11 is 5.77. The molecule has 5 nitrogen and oxygen atoms in total. The summed E-state index contributed by atoms with van der Waals surface area (Å²) in [6.45, 7) is 6.13. The van der Waals surface area contributed by atoms with Crippen LogP contribution in [0.2, 0.25) is 0 Å². The molecule has 3 unspecified atom stereocenters. The van der Waals surface area contributed by atoms with Gasteiger partial charge in [0.25, 0.3) is 0 Å². The van der Waals surface area contributed by atoms with E-state index < -0.39 is 35.7 Å². The lowest BCUT2D eigenvalue weighted by atomic mass is 9.84. The Balaban J connectivity index is 2.54. The summed E-state index contributed by atoms with van der Waals surface area (Å²) in [7, 11) is 0. The molecule has 0 aromatic heterocycles. The van der Waals surface area contributed by atoms with Crippen molar-refractivity contribution in [3.63, 3.8) is 0 Å². The number of halogens is 5. The van der Waals surface area contributed by atoms with E-state index in [4.69, 9.17) is 21.8 Å².